The van der Waals surface area contributed by atoms with Crippen LogP contribution in [0.1, 0.15) is 13.8 Å². The zero-order chi connectivity index (χ0) is 7.28. The third kappa shape index (κ3) is 5.17. The first kappa shape index (κ1) is 8.30. The van der Waals surface area contributed by atoms with Crippen molar-refractivity contribution in [2.45, 2.75) is 19.9 Å². The second-order valence-corrected chi connectivity index (χ2v) is 2.12. The molecule has 0 saturated heterocycles. The summed E-state index contributed by atoms with van der Waals surface area (Å²) in [5.74, 6) is -0.399. The zero-order valence-electron chi connectivity index (χ0n) is 5.68. The van der Waals surface area contributed by atoms with Gasteiger partial charge in [0.05, 0.1) is 6.54 Å². The summed E-state index contributed by atoms with van der Waals surface area (Å²) in [5, 5.41) is 2.82. The first-order valence-electron chi connectivity index (χ1n) is 2.88. The molecule has 0 aromatic carbocycles. The normalized spacial score (nSPS) is 9.67. The summed E-state index contributed by atoms with van der Waals surface area (Å²) in [7, 11) is 0. The van der Waals surface area contributed by atoms with Crippen LogP contribution in [-0.2, 0) is 9.59 Å². The molecule has 3 nitrogen and oxygen atoms in total. The monoisotopic (exact) mass is 129 g/mol. The molecule has 9 heavy (non-hydrogen) atoms. The third-order valence-electron chi connectivity index (χ3n) is 0.816. The number of hydrogen-bond acceptors (Lipinski definition) is 3. The lowest BCUT2D eigenvalue weighted by molar-refractivity contribution is -0.129. The second kappa shape index (κ2) is 4.21. The van der Waals surface area contributed by atoms with Gasteiger partial charge in [0.25, 0.3) is 0 Å². The summed E-state index contributed by atoms with van der Waals surface area (Å²) in [6.45, 7) is 3.98. The molecule has 0 rings (SSSR count). The maximum absolute atomic E-state index is 10.3. The van der Waals surface area contributed by atoms with Crippen LogP contribution < -0.4 is 5.32 Å². The standard InChI is InChI=1S/C6H11NO2/c1-5(2)7-3-6(9)4-8/h4-5,7H,3H2,1-2H3. The van der Waals surface area contributed by atoms with E-state index < -0.39 is 5.78 Å². The zero-order valence-corrected chi connectivity index (χ0v) is 5.68. The topological polar surface area (TPSA) is 46.2 Å². The summed E-state index contributed by atoms with van der Waals surface area (Å²) >= 11 is 0. The average molecular weight is 129 g/mol. The second-order valence-electron chi connectivity index (χ2n) is 2.12. The highest BCUT2D eigenvalue weighted by Crippen LogP contribution is 1.73. The molecule has 0 saturated carbocycles. The Bertz CT molecular complexity index is 110. The fraction of sp³-hybridized carbons (Fsp3) is 0.667. The maximum Gasteiger partial charge on any atom is 0.208 e. The van der Waals surface area contributed by atoms with Crippen molar-refractivity contribution in [3.63, 3.8) is 0 Å². The van der Waals surface area contributed by atoms with E-state index in [1.165, 1.54) is 0 Å². The van der Waals surface area contributed by atoms with Gasteiger partial charge >= 0.3 is 0 Å². The molecule has 0 bridgehead atoms. The van der Waals surface area contributed by atoms with Gasteiger partial charge in [0, 0.05) is 6.04 Å². The summed E-state index contributed by atoms with van der Waals surface area (Å²) in [6.07, 6.45) is 0.329. The highest BCUT2D eigenvalue weighted by atomic mass is 16.2. The summed E-state index contributed by atoms with van der Waals surface area (Å²) in [4.78, 5) is 20.0. The fourth-order valence-electron chi connectivity index (χ4n) is 0.346. The molecule has 0 aliphatic heterocycles. The molecule has 0 radical (unpaired) electrons. The third-order valence-corrected chi connectivity index (χ3v) is 0.816. The first-order valence-corrected chi connectivity index (χ1v) is 2.88. The molecule has 0 aliphatic carbocycles. The van der Waals surface area contributed by atoms with Crippen LogP contribution in [0.25, 0.3) is 0 Å². The van der Waals surface area contributed by atoms with E-state index in [1.807, 2.05) is 13.8 Å². The van der Waals surface area contributed by atoms with Gasteiger partial charge in [-0.3, -0.25) is 9.59 Å². The number of nitrogens with one attached hydrogen (secondary N) is 1. The van der Waals surface area contributed by atoms with Gasteiger partial charge in [-0.1, -0.05) is 13.8 Å². The van der Waals surface area contributed by atoms with Crippen molar-refractivity contribution in [1.29, 1.82) is 0 Å². The molecular formula is C6H11NO2. The van der Waals surface area contributed by atoms with Crippen LogP contribution in [0.5, 0.6) is 0 Å². The number of hydrogen-bond donors (Lipinski definition) is 1. The Morgan fingerprint density at radius 3 is 2.56 bits per heavy atom. The molecule has 3 heteroatoms. The number of carbonyl (C=O) groups is 2. The largest absolute Gasteiger partial charge is 0.307 e. The molecule has 0 aliphatic rings. The van der Waals surface area contributed by atoms with Crippen LogP contribution in [-0.4, -0.2) is 24.7 Å². The van der Waals surface area contributed by atoms with Gasteiger partial charge < -0.3 is 5.32 Å². The Kier molecular flexibility index (Phi) is 3.88. The van der Waals surface area contributed by atoms with Gasteiger partial charge in [-0.2, -0.15) is 0 Å². The van der Waals surface area contributed by atoms with E-state index in [2.05, 4.69) is 5.32 Å². The summed E-state index contributed by atoms with van der Waals surface area (Å²) < 4.78 is 0. The van der Waals surface area contributed by atoms with Crippen LogP contribution in [0.3, 0.4) is 0 Å². The van der Waals surface area contributed by atoms with Crippen molar-refractivity contribution in [2.24, 2.45) is 0 Å². The predicted octanol–water partition coefficient (Wildman–Crippen LogP) is -0.248. The Hall–Kier alpha value is -0.700. The number of aldehydes is 1. The Morgan fingerprint density at radius 1 is 1.67 bits per heavy atom. The van der Waals surface area contributed by atoms with Crippen LogP contribution >= 0.6 is 0 Å². The molecule has 1 N–H and O–H groups in total. The van der Waals surface area contributed by atoms with Gasteiger partial charge in [-0.15, -0.1) is 0 Å². The Morgan fingerprint density at radius 2 is 2.22 bits per heavy atom. The van der Waals surface area contributed by atoms with Gasteiger partial charge in [0.2, 0.25) is 5.78 Å². The van der Waals surface area contributed by atoms with E-state index in [0.717, 1.165) is 0 Å². The van der Waals surface area contributed by atoms with E-state index in [-0.39, 0.29) is 12.6 Å². The van der Waals surface area contributed by atoms with Crippen molar-refractivity contribution < 1.29 is 9.59 Å². The van der Waals surface area contributed by atoms with E-state index in [9.17, 15) is 9.59 Å². The smallest absolute Gasteiger partial charge is 0.208 e. The molecule has 0 aromatic heterocycles. The quantitative estimate of drug-likeness (QED) is 0.420. The van der Waals surface area contributed by atoms with Crippen LogP contribution in [0, 0.1) is 0 Å². The van der Waals surface area contributed by atoms with Gasteiger partial charge in [0.1, 0.15) is 0 Å². The van der Waals surface area contributed by atoms with E-state index >= 15 is 0 Å². The molecule has 0 spiro atoms. The van der Waals surface area contributed by atoms with Crippen molar-refractivity contribution in [2.75, 3.05) is 6.54 Å². The van der Waals surface area contributed by atoms with Crippen molar-refractivity contribution >= 4 is 12.1 Å². The maximum atomic E-state index is 10.3. The number of carbonyl (C=O) groups excluding carboxylic acids is 2. The Labute approximate surface area is 54.4 Å². The molecular weight excluding hydrogens is 118 g/mol. The minimum Gasteiger partial charge on any atom is -0.307 e. The van der Waals surface area contributed by atoms with Crippen LogP contribution in [0.2, 0.25) is 0 Å². The molecule has 0 aromatic rings. The number of ketones is 1. The van der Waals surface area contributed by atoms with Crippen molar-refractivity contribution in [3.8, 4) is 0 Å². The van der Waals surface area contributed by atoms with Crippen molar-refractivity contribution in [1.82, 2.24) is 5.32 Å². The number of rotatable bonds is 4. The lowest BCUT2D eigenvalue weighted by Gasteiger charge is -2.02. The minimum absolute atomic E-state index is 0.154. The SMILES string of the molecule is CC(C)NCC(=O)C=O. The highest BCUT2D eigenvalue weighted by Gasteiger charge is 1.97. The van der Waals surface area contributed by atoms with Gasteiger partial charge in [0.15, 0.2) is 6.29 Å². The van der Waals surface area contributed by atoms with E-state index in [0.29, 0.717) is 6.29 Å². The molecule has 0 atom stereocenters. The van der Waals surface area contributed by atoms with Crippen LogP contribution in [0.15, 0.2) is 0 Å². The highest BCUT2D eigenvalue weighted by molar-refractivity contribution is 6.25. The Balaban J connectivity index is 3.27. The summed E-state index contributed by atoms with van der Waals surface area (Å²) in [5.41, 5.74) is 0. The molecule has 52 valence electrons. The van der Waals surface area contributed by atoms with E-state index in [4.69, 9.17) is 0 Å². The molecule has 0 unspecified atom stereocenters. The minimum atomic E-state index is -0.399. The predicted molar refractivity (Wildman–Crippen MR) is 34.2 cm³/mol. The molecule has 0 heterocycles. The number of Topliss-reactive ketones (excluding diaryl/α,β-unsaturated/α-hetero) is 1. The van der Waals surface area contributed by atoms with Gasteiger partial charge in [-0.25, -0.2) is 0 Å². The lowest BCUT2D eigenvalue weighted by atomic mass is 10.3. The average Bonchev–Trinajstić information content (AvgIpc) is 1.83. The van der Waals surface area contributed by atoms with Crippen LogP contribution in [0.4, 0.5) is 0 Å². The lowest BCUT2D eigenvalue weighted by Crippen LogP contribution is -2.29. The molecule has 0 fully saturated rings. The molecule has 0 amide bonds. The van der Waals surface area contributed by atoms with Crippen molar-refractivity contribution in [3.05, 3.63) is 0 Å². The van der Waals surface area contributed by atoms with E-state index in [1.54, 1.807) is 0 Å². The fourth-order valence-corrected chi connectivity index (χ4v) is 0.346. The summed E-state index contributed by atoms with van der Waals surface area (Å²) in [6, 6.07) is 0.258. The van der Waals surface area contributed by atoms with Gasteiger partial charge in [-0.05, 0) is 0 Å². The first-order chi connectivity index (χ1) is 4.16.